The van der Waals surface area contributed by atoms with E-state index in [-0.39, 0.29) is 5.41 Å². The molecule has 0 fully saturated rings. The Kier molecular flexibility index (Phi) is 7.93. The molecule has 0 saturated heterocycles. The molecular formula is C42H49BrN2Si2. The molecule has 5 heteroatoms. The van der Waals surface area contributed by atoms with Crippen LogP contribution in [0.2, 0.25) is 39.3 Å². The third-order valence-corrected chi connectivity index (χ3v) is 12.7. The normalized spacial score (nSPS) is 13.7. The fourth-order valence-electron chi connectivity index (χ4n) is 7.73. The Morgan fingerprint density at radius 3 is 1.51 bits per heavy atom. The number of rotatable bonds is 4. The van der Waals surface area contributed by atoms with E-state index in [1.54, 1.807) is 5.56 Å². The molecule has 0 unspecified atom stereocenters. The summed E-state index contributed by atoms with van der Waals surface area (Å²) in [7, 11) is -2.44. The maximum atomic E-state index is 3.65. The highest BCUT2D eigenvalue weighted by molar-refractivity contribution is 9.10. The molecule has 47 heavy (non-hydrogen) atoms. The van der Waals surface area contributed by atoms with Crippen LogP contribution in [0.3, 0.4) is 0 Å². The SMILES string of the molecule is CC(C)(C)c1ccc2c(c1)c1c(n2C[Si](C)(C)C)-c2ccccc2C1.C[Si](C)(C)Cn1c2c(c3cc(Br)ccc31)Cc1ccccc1-2. The Labute approximate surface area is 292 Å². The number of hydrogen-bond acceptors (Lipinski definition) is 0. The van der Waals surface area contributed by atoms with E-state index in [0.717, 1.165) is 12.8 Å². The number of aromatic nitrogens is 2. The van der Waals surface area contributed by atoms with E-state index in [1.165, 1.54) is 83.4 Å². The van der Waals surface area contributed by atoms with Crippen LogP contribution in [0.5, 0.6) is 0 Å². The summed E-state index contributed by atoms with van der Waals surface area (Å²) in [5.74, 6) is 0. The summed E-state index contributed by atoms with van der Waals surface area (Å²) >= 11 is 3.65. The third kappa shape index (κ3) is 6.04. The van der Waals surface area contributed by atoms with E-state index in [4.69, 9.17) is 0 Å². The molecule has 242 valence electrons. The zero-order valence-electron chi connectivity index (χ0n) is 29.7. The number of benzene rings is 4. The molecular weight excluding hydrogens is 669 g/mol. The van der Waals surface area contributed by atoms with Crippen molar-refractivity contribution in [3.8, 4) is 22.5 Å². The van der Waals surface area contributed by atoms with Crippen LogP contribution in [0, 0.1) is 0 Å². The summed E-state index contributed by atoms with van der Waals surface area (Å²) in [6.45, 7) is 21.7. The summed E-state index contributed by atoms with van der Waals surface area (Å²) in [6, 6.07) is 31.8. The highest BCUT2D eigenvalue weighted by atomic mass is 79.9. The molecule has 8 rings (SSSR count). The first kappa shape index (κ1) is 32.4. The van der Waals surface area contributed by atoms with Gasteiger partial charge in [0.2, 0.25) is 0 Å². The lowest BCUT2D eigenvalue weighted by Gasteiger charge is -2.22. The van der Waals surface area contributed by atoms with Crippen LogP contribution in [-0.4, -0.2) is 25.3 Å². The van der Waals surface area contributed by atoms with E-state index in [0.29, 0.717) is 0 Å². The second kappa shape index (κ2) is 11.5. The van der Waals surface area contributed by atoms with Crippen LogP contribution in [0.25, 0.3) is 44.3 Å². The summed E-state index contributed by atoms with van der Waals surface area (Å²) in [5, 5.41) is 2.88. The Morgan fingerprint density at radius 1 is 0.596 bits per heavy atom. The molecule has 0 bridgehead atoms. The highest BCUT2D eigenvalue weighted by Gasteiger charge is 2.30. The van der Waals surface area contributed by atoms with Crippen molar-refractivity contribution in [1.82, 2.24) is 9.13 Å². The highest BCUT2D eigenvalue weighted by Crippen LogP contribution is 2.45. The van der Waals surface area contributed by atoms with Gasteiger partial charge in [0.25, 0.3) is 0 Å². The predicted molar refractivity (Wildman–Crippen MR) is 213 cm³/mol. The first-order valence-electron chi connectivity index (χ1n) is 17.2. The van der Waals surface area contributed by atoms with E-state index in [1.807, 2.05) is 0 Å². The fraction of sp³-hybridized carbons (Fsp3) is 0.333. The van der Waals surface area contributed by atoms with Gasteiger partial charge in [-0.15, -0.1) is 0 Å². The standard InChI is InChI=1S/C23H29NSi.C19H20BrNSi/c1-23(2,3)17-11-12-21-19(14-17)20-13-16-9-7-8-10-18(16)22(20)24(21)15-25(4,5)6;1-22(2,3)12-21-18-9-8-14(20)11-16(18)17-10-13-6-4-5-7-15(13)19(17)21/h7-12,14H,13,15H2,1-6H3;4-9,11H,10,12H2,1-3H3. The minimum atomic E-state index is -1.23. The lowest BCUT2D eigenvalue weighted by Crippen LogP contribution is -2.28. The number of hydrogen-bond donors (Lipinski definition) is 0. The lowest BCUT2D eigenvalue weighted by atomic mass is 9.86. The summed E-state index contributed by atoms with van der Waals surface area (Å²) in [5.41, 5.74) is 16.3. The van der Waals surface area contributed by atoms with Crippen molar-refractivity contribution < 1.29 is 0 Å². The Bertz CT molecular complexity index is 2160. The number of halogens is 1. The number of fused-ring (bicyclic) bond motifs is 10. The average molecular weight is 718 g/mol. The summed E-state index contributed by atoms with van der Waals surface area (Å²) in [4.78, 5) is 0. The van der Waals surface area contributed by atoms with Gasteiger partial charge in [-0.25, -0.2) is 0 Å². The van der Waals surface area contributed by atoms with Gasteiger partial charge >= 0.3 is 0 Å². The first-order chi connectivity index (χ1) is 22.1. The van der Waals surface area contributed by atoms with Gasteiger partial charge < -0.3 is 9.13 Å². The Morgan fingerprint density at radius 2 is 1.04 bits per heavy atom. The smallest absolute Gasteiger partial charge is 0.0671 e. The Hall–Kier alpha value is -3.13. The maximum Gasteiger partial charge on any atom is 0.0671 e. The summed E-state index contributed by atoms with van der Waals surface area (Å²) < 4.78 is 6.40. The molecule has 0 N–H and O–H groups in total. The van der Waals surface area contributed by atoms with Gasteiger partial charge in [0.1, 0.15) is 0 Å². The van der Waals surface area contributed by atoms with Crippen molar-refractivity contribution in [1.29, 1.82) is 0 Å². The van der Waals surface area contributed by atoms with E-state index >= 15 is 0 Å². The lowest BCUT2D eigenvalue weighted by molar-refractivity contribution is 0.591. The van der Waals surface area contributed by atoms with Gasteiger partial charge in [-0.2, -0.15) is 0 Å². The fourth-order valence-corrected chi connectivity index (χ4v) is 10.6. The molecule has 2 heterocycles. The molecule has 0 saturated carbocycles. The molecule has 0 amide bonds. The van der Waals surface area contributed by atoms with Crippen LogP contribution >= 0.6 is 15.9 Å². The van der Waals surface area contributed by atoms with Crippen molar-refractivity contribution in [3.05, 3.63) is 117 Å². The molecule has 2 aromatic heterocycles. The molecule has 0 spiro atoms. The molecule has 2 aliphatic rings. The van der Waals surface area contributed by atoms with Crippen molar-refractivity contribution >= 4 is 53.9 Å². The van der Waals surface area contributed by atoms with Crippen molar-refractivity contribution in [3.63, 3.8) is 0 Å². The van der Waals surface area contributed by atoms with E-state index in [9.17, 15) is 0 Å². The second-order valence-corrected chi connectivity index (χ2v) is 29.0. The average Bonchev–Trinajstić information content (AvgIpc) is 3.70. The van der Waals surface area contributed by atoms with Crippen LogP contribution in [0.4, 0.5) is 0 Å². The van der Waals surface area contributed by atoms with Gasteiger partial charge in [0.15, 0.2) is 0 Å². The van der Waals surface area contributed by atoms with Crippen molar-refractivity contribution in [2.24, 2.45) is 0 Å². The maximum absolute atomic E-state index is 3.65. The topological polar surface area (TPSA) is 9.86 Å². The molecule has 0 atom stereocenters. The second-order valence-electron chi connectivity index (χ2n) is 17.3. The Balaban J connectivity index is 0.000000151. The van der Waals surface area contributed by atoms with E-state index in [2.05, 4.69) is 170 Å². The quantitative estimate of drug-likeness (QED) is 0.160. The van der Waals surface area contributed by atoms with Gasteiger partial charge in [-0.1, -0.05) is 131 Å². The summed E-state index contributed by atoms with van der Waals surface area (Å²) in [6.07, 6.45) is 4.50. The van der Waals surface area contributed by atoms with Gasteiger partial charge in [-0.3, -0.25) is 0 Å². The largest absolute Gasteiger partial charge is 0.343 e. The van der Waals surface area contributed by atoms with Crippen LogP contribution in [-0.2, 0) is 30.6 Å². The molecule has 4 aromatic carbocycles. The predicted octanol–water partition coefficient (Wildman–Crippen LogP) is 12.2. The number of nitrogens with zero attached hydrogens (tertiary/aromatic N) is 2. The zero-order valence-corrected chi connectivity index (χ0v) is 33.3. The molecule has 2 nitrogen and oxygen atoms in total. The molecule has 0 radical (unpaired) electrons. The zero-order chi connectivity index (χ0) is 33.5. The van der Waals surface area contributed by atoms with Crippen molar-refractivity contribution in [2.75, 3.05) is 0 Å². The monoisotopic (exact) mass is 716 g/mol. The van der Waals surface area contributed by atoms with Crippen LogP contribution in [0.15, 0.2) is 89.4 Å². The molecule has 2 aliphatic carbocycles. The third-order valence-electron chi connectivity index (χ3n) is 9.71. The molecule has 6 aromatic rings. The van der Waals surface area contributed by atoms with Crippen molar-refractivity contribution in [2.45, 2.75) is 90.6 Å². The van der Waals surface area contributed by atoms with Gasteiger partial charge in [0, 0.05) is 62.6 Å². The van der Waals surface area contributed by atoms with Crippen LogP contribution < -0.4 is 0 Å². The molecule has 0 aliphatic heterocycles. The first-order valence-corrected chi connectivity index (χ1v) is 25.4. The minimum absolute atomic E-state index is 0.188. The van der Waals surface area contributed by atoms with Gasteiger partial charge in [-0.05, 0) is 63.6 Å². The van der Waals surface area contributed by atoms with Crippen LogP contribution in [0.1, 0.15) is 48.6 Å². The van der Waals surface area contributed by atoms with Gasteiger partial charge in [0.05, 0.1) is 27.5 Å². The van der Waals surface area contributed by atoms with E-state index < -0.39 is 16.1 Å². The minimum Gasteiger partial charge on any atom is -0.343 e.